The van der Waals surface area contributed by atoms with Crippen LogP contribution in [0.3, 0.4) is 0 Å². The Morgan fingerprint density at radius 1 is 1.33 bits per heavy atom. The van der Waals surface area contributed by atoms with E-state index in [2.05, 4.69) is 30.5 Å². The topological polar surface area (TPSA) is 74.7 Å². The van der Waals surface area contributed by atoms with Gasteiger partial charge in [0.05, 0.1) is 0 Å². The van der Waals surface area contributed by atoms with E-state index in [1.165, 1.54) is 0 Å². The van der Waals surface area contributed by atoms with Gasteiger partial charge in [0, 0.05) is 53.1 Å². The zero-order valence-electron chi connectivity index (χ0n) is 15.7. The predicted molar refractivity (Wildman–Crippen MR) is 97.7 cm³/mol. The molecule has 1 aromatic rings. The highest BCUT2D eigenvalue weighted by molar-refractivity contribution is 5.79. The summed E-state index contributed by atoms with van der Waals surface area (Å²) in [6.45, 7) is 3.41. The van der Waals surface area contributed by atoms with Gasteiger partial charge in [0.1, 0.15) is 5.69 Å². The maximum absolute atomic E-state index is 12.6. The predicted octanol–water partition coefficient (Wildman–Crippen LogP) is 2.23. The average molecular weight is 388 g/mol. The van der Waals surface area contributed by atoms with Crippen LogP contribution in [0, 0.1) is 5.92 Å². The summed E-state index contributed by atoms with van der Waals surface area (Å²) in [5.41, 5.74) is -0.961. The number of aromatic nitrogens is 2. The minimum atomic E-state index is -4.48. The second-order valence-electron chi connectivity index (χ2n) is 6.43. The SMILES string of the molecule is CN=C(NCCNc1nccc(C(F)(F)F)n1)N(C)CCC1CCOCC1. The Morgan fingerprint density at radius 3 is 2.74 bits per heavy atom. The summed E-state index contributed by atoms with van der Waals surface area (Å²) in [4.78, 5) is 13.6. The van der Waals surface area contributed by atoms with Crippen LogP contribution in [-0.4, -0.2) is 67.8 Å². The van der Waals surface area contributed by atoms with Crippen LogP contribution in [0.5, 0.6) is 0 Å². The van der Waals surface area contributed by atoms with Crippen LogP contribution in [0.1, 0.15) is 25.0 Å². The summed E-state index contributed by atoms with van der Waals surface area (Å²) in [6.07, 6.45) is -0.111. The van der Waals surface area contributed by atoms with E-state index in [-0.39, 0.29) is 5.95 Å². The second kappa shape index (κ2) is 10.3. The van der Waals surface area contributed by atoms with Crippen molar-refractivity contribution in [3.05, 3.63) is 18.0 Å². The van der Waals surface area contributed by atoms with Gasteiger partial charge >= 0.3 is 6.18 Å². The molecule has 0 aliphatic carbocycles. The fourth-order valence-corrected chi connectivity index (χ4v) is 2.85. The lowest BCUT2D eigenvalue weighted by molar-refractivity contribution is -0.141. The first kappa shape index (κ1) is 21.2. The smallest absolute Gasteiger partial charge is 0.381 e. The second-order valence-corrected chi connectivity index (χ2v) is 6.43. The number of hydrogen-bond acceptors (Lipinski definition) is 5. The summed E-state index contributed by atoms with van der Waals surface area (Å²) >= 11 is 0. The van der Waals surface area contributed by atoms with Gasteiger partial charge in [-0.3, -0.25) is 4.99 Å². The molecule has 0 unspecified atom stereocenters. The normalized spacial score (nSPS) is 16.3. The number of hydrogen-bond donors (Lipinski definition) is 2. The maximum Gasteiger partial charge on any atom is 0.433 e. The standard InChI is InChI=1S/C17H27F3N6O/c1-21-16(26(2)10-4-13-5-11-27-12-6-13)24-9-8-23-15-22-7-3-14(25-15)17(18,19)20/h3,7,13H,4-6,8-12H2,1-2H3,(H,21,24)(H,22,23,25). The van der Waals surface area contributed by atoms with Crippen molar-refractivity contribution in [3.63, 3.8) is 0 Å². The largest absolute Gasteiger partial charge is 0.433 e. The zero-order valence-corrected chi connectivity index (χ0v) is 15.7. The Labute approximate surface area is 157 Å². The highest BCUT2D eigenvalue weighted by Gasteiger charge is 2.32. The van der Waals surface area contributed by atoms with Crippen LogP contribution >= 0.6 is 0 Å². The van der Waals surface area contributed by atoms with Crippen molar-refractivity contribution >= 4 is 11.9 Å². The third kappa shape index (κ3) is 7.20. The van der Waals surface area contributed by atoms with Crippen LogP contribution in [0.25, 0.3) is 0 Å². The number of nitrogens with zero attached hydrogens (tertiary/aromatic N) is 4. The molecule has 1 saturated heterocycles. The van der Waals surface area contributed by atoms with Gasteiger partial charge in [-0.05, 0) is 31.2 Å². The fraction of sp³-hybridized carbons (Fsp3) is 0.706. The summed E-state index contributed by atoms with van der Waals surface area (Å²) in [5, 5.41) is 5.97. The van der Waals surface area contributed by atoms with Gasteiger partial charge < -0.3 is 20.3 Å². The number of alkyl halides is 3. The number of rotatable bonds is 7. The van der Waals surface area contributed by atoms with Crippen molar-refractivity contribution in [2.75, 3.05) is 52.3 Å². The molecule has 2 N–H and O–H groups in total. The monoisotopic (exact) mass is 388 g/mol. The first-order valence-electron chi connectivity index (χ1n) is 9.04. The highest BCUT2D eigenvalue weighted by atomic mass is 19.4. The molecular formula is C17H27F3N6O. The molecule has 1 aromatic heterocycles. The van der Waals surface area contributed by atoms with Crippen LogP contribution in [0.2, 0.25) is 0 Å². The first-order valence-corrected chi connectivity index (χ1v) is 9.04. The number of anilines is 1. The molecule has 0 amide bonds. The summed E-state index contributed by atoms with van der Waals surface area (Å²) < 4.78 is 43.3. The third-order valence-electron chi connectivity index (χ3n) is 4.42. The zero-order chi connectivity index (χ0) is 19.7. The lowest BCUT2D eigenvalue weighted by Gasteiger charge is -2.26. The molecule has 27 heavy (non-hydrogen) atoms. The Kier molecular flexibility index (Phi) is 8.08. The van der Waals surface area contributed by atoms with E-state index in [1.54, 1.807) is 7.05 Å². The lowest BCUT2D eigenvalue weighted by atomic mass is 9.96. The molecule has 0 radical (unpaired) electrons. The summed E-state index contributed by atoms with van der Waals surface area (Å²) in [5.74, 6) is 1.38. The number of halogens is 3. The third-order valence-corrected chi connectivity index (χ3v) is 4.42. The Morgan fingerprint density at radius 2 is 2.07 bits per heavy atom. The summed E-state index contributed by atoms with van der Waals surface area (Å²) in [7, 11) is 3.68. The number of guanidine groups is 1. The molecule has 0 saturated carbocycles. The first-order chi connectivity index (χ1) is 12.9. The van der Waals surface area contributed by atoms with Crippen molar-refractivity contribution in [2.45, 2.75) is 25.4 Å². The molecule has 0 bridgehead atoms. The van der Waals surface area contributed by atoms with Gasteiger partial charge in [-0.25, -0.2) is 9.97 Å². The molecule has 2 rings (SSSR count). The van der Waals surface area contributed by atoms with Crippen molar-refractivity contribution in [1.29, 1.82) is 0 Å². The summed E-state index contributed by atoms with van der Waals surface area (Å²) in [6, 6.07) is 0.846. The van der Waals surface area contributed by atoms with Crippen LogP contribution in [0.4, 0.5) is 19.1 Å². The lowest BCUT2D eigenvalue weighted by Crippen LogP contribution is -2.41. The van der Waals surface area contributed by atoms with E-state index in [0.717, 1.165) is 57.2 Å². The van der Waals surface area contributed by atoms with Gasteiger partial charge in [-0.1, -0.05) is 0 Å². The van der Waals surface area contributed by atoms with Crippen molar-refractivity contribution in [3.8, 4) is 0 Å². The highest BCUT2D eigenvalue weighted by Crippen LogP contribution is 2.27. The Bertz CT molecular complexity index is 605. The molecule has 0 aromatic carbocycles. The number of aliphatic imine (C=N–C) groups is 1. The van der Waals surface area contributed by atoms with Gasteiger partial charge in [0.15, 0.2) is 5.96 Å². The van der Waals surface area contributed by atoms with Gasteiger partial charge in [0.2, 0.25) is 5.95 Å². The Balaban J connectivity index is 1.71. The number of nitrogens with one attached hydrogen (secondary N) is 2. The molecule has 0 spiro atoms. The minimum Gasteiger partial charge on any atom is -0.381 e. The molecule has 0 atom stereocenters. The fourth-order valence-electron chi connectivity index (χ4n) is 2.85. The number of ether oxygens (including phenoxy) is 1. The van der Waals surface area contributed by atoms with E-state index < -0.39 is 11.9 Å². The van der Waals surface area contributed by atoms with Crippen molar-refractivity contribution in [2.24, 2.45) is 10.9 Å². The van der Waals surface area contributed by atoms with E-state index in [4.69, 9.17) is 4.74 Å². The molecule has 10 heteroatoms. The minimum absolute atomic E-state index is 0.0468. The Hall–Kier alpha value is -2.10. The van der Waals surface area contributed by atoms with Gasteiger partial charge in [-0.2, -0.15) is 13.2 Å². The van der Waals surface area contributed by atoms with E-state index in [0.29, 0.717) is 19.0 Å². The molecule has 152 valence electrons. The van der Waals surface area contributed by atoms with E-state index >= 15 is 0 Å². The van der Waals surface area contributed by atoms with Crippen LogP contribution in [0.15, 0.2) is 17.3 Å². The molecule has 1 fully saturated rings. The molecule has 1 aliphatic rings. The average Bonchev–Trinajstić information content (AvgIpc) is 2.66. The quantitative estimate of drug-likeness (QED) is 0.424. The van der Waals surface area contributed by atoms with Crippen molar-refractivity contribution in [1.82, 2.24) is 20.2 Å². The van der Waals surface area contributed by atoms with Crippen LogP contribution < -0.4 is 10.6 Å². The van der Waals surface area contributed by atoms with E-state index in [1.807, 2.05) is 7.05 Å². The van der Waals surface area contributed by atoms with Gasteiger partial charge in [-0.15, -0.1) is 0 Å². The van der Waals surface area contributed by atoms with Gasteiger partial charge in [0.25, 0.3) is 0 Å². The molecule has 2 heterocycles. The van der Waals surface area contributed by atoms with Crippen LogP contribution in [-0.2, 0) is 10.9 Å². The molecule has 1 aliphatic heterocycles. The van der Waals surface area contributed by atoms with E-state index in [9.17, 15) is 13.2 Å². The maximum atomic E-state index is 12.6. The molecule has 7 nitrogen and oxygen atoms in total. The molecular weight excluding hydrogens is 361 g/mol. The van der Waals surface area contributed by atoms with Crippen molar-refractivity contribution < 1.29 is 17.9 Å².